The summed E-state index contributed by atoms with van der Waals surface area (Å²) in [5, 5.41) is 21.6. The third-order valence-electron chi connectivity index (χ3n) is 4.56. The minimum absolute atomic E-state index is 0. The molecule has 30 heavy (non-hydrogen) atoms. The molecule has 0 saturated carbocycles. The van der Waals surface area contributed by atoms with Crippen molar-refractivity contribution >= 4 is 18.4 Å². The van der Waals surface area contributed by atoms with Crippen molar-refractivity contribution in [1.82, 2.24) is 5.32 Å². The summed E-state index contributed by atoms with van der Waals surface area (Å²) in [6.45, 7) is 8.01. The number of nitrogens with one attached hydrogen (secondary N) is 1. The van der Waals surface area contributed by atoms with Crippen LogP contribution in [-0.2, 0) is 11.2 Å². The molecule has 172 valence electrons. The van der Waals surface area contributed by atoms with Crippen LogP contribution in [0.5, 0.6) is 0 Å². The molecule has 2 aromatic carbocycles. The van der Waals surface area contributed by atoms with E-state index in [1.54, 1.807) is 6.92 Å². The van der Waals surface area contributed by atoms with Crippen LogP contribution in [0.1, 0.15) is 56.4 Å². The fraction of sp³-hybridized carbons (Fsp3) is 0.435. The number of halogens is 1. The summed E-state index contributed by atoms with van der Waals surface area (Å²) in [5.74, 6) is -0.558. The normalized spacial score (nSPS) is 12.6. The van der Waals surface area contributed by atoms with Gasteiger partial charge in [-0.05, 0) is 49.9 Å². The van der Waals surface area contributed by atoms with Gasteiger partial charge in [-0.15, -0.1) is 12.4 Å². The quantitative estimate of drug-likeness (QED) is 0.605. The fourth-order valence-corrected chi connectivity index (χ4v) is 2.65. The Labute approximate surface area is 186 Å². The van der Waals surface area contributed by atoms with Crippen molar-refractivity contribution in [3.63, 3.8) is 0 Å². The van der Waals surface area contributed by atoms with Crippen molar-refractivity contribution in [1.29, 1.82) is 0 Å². The summed E-state index contributed by atoms with van der Waals surface area (Å²) in [5.41, 5.74) is 3.10. The highest BCUT2D eigenvalue weighted by atomic mass is 35.5. The first-order chi connectivity index (χ1) is 12.8. The molecule has 0 amide bonds. The Morgan fingerprint density at radius 2 is 1.40 bits per heavy atom. The predicted octanol–water partition coefficient (Wildman–Crippen LogP) is 3.17. The van der Waals surface area contributed by atoms with Gasteiger partial charge in [-0.2, -0.15) is 0 Å². The number of aliphatic hydroxyl groups excluding tert-OH is 1. The summed E-state index contributed by atoms with van der Waals surface area (Å²) in [6, 6.07) is 17.6. The van der Waals surface area contributed by atoms with Crippen molar-refractivity contribution in [2.75, 3.05) is 7.05 Å². The number of carboxylic acids is 1. The van der Waals surface area contributed by atoms with Crippen molar-refractivity contribution in [2.45, 2.75) is 52.2 Å². The number of benzene rings is 2. The zero-order valence-corrected chi connectivity index (χ0v) is 19.2. The Bertz CT molecular complexity index is 680. The van der Waals surface area contributed by atoms with Gasteiger partial charge in [-0.3, -0.25) is 4.79 Å². The number of hydrogen-bond acceptors (Lipinski definition) is 3. The smallest absolute Gasteiger partial charge is 0.310 e. The molecule has 7 N–H and O–H groups in total. The number of carboxylic acid groups (broad SMARTS) is 1. The van der Waals surface area contributed by atoms with Crippen LogP contribution in [0.3, 0.4) is 0 Å². The van der Waals surface area contributed by atoms with E-state index in [1.807, 2.05) is 68.6 Å². The lowest BCUT2D eigenvalue weighted by molar-refractivity contribution is -0.138. The van der Waals surface area contributed by atoms with Gasteiger partial charge in [0.1, 0.15) is 0 Å². The highest BCUT2D eigenvalue weighted by Gasteiger charge is 2.13. The predicted molar refractivity (Wildman–Crippen MR) is 125 cm³/mol. The van der Waals surface area contributed by atoms with Crippen molar-refractivity contribution in [2.24, 2.45) is 5.92 Å². The average molecular weight is 444 g/mol. The van der Waals surface area contributed by atoms with Gasteiger partial charge >= 0.3 is 5.97 Å². The molecule has 2 rings (SSSR count). The first kappa shape index (κ1) is 32.7. The van der Waals surface area contributed by atoms with Gasteiger partial charge in [-0.1, -0.05) is 68.4 Å². The van der Waals surface area contributed by atoms with E-state index in [9.17, 15) is 9.90 Å². The highest BCUT2D eigenvalue weighted by molar-refractivity contribution is 5.85. The van der Waals surface area contributed by atoms with Gasteiger partial charge in [0.15, 0.2) is 0 Å². The number of rotatable bonds is 7. The molecule has 0 fully saturated rings. The zero-order chi connectivity index (χ0) is 20.4. The lowest BCUT2D eigenvalue weighted by atomic mass is 9.97. The minimum Gasteiger partial charge on any atom is -0.481 e. The lowest BCUT2D eigenvalue weighted by Gasteiger charge is -2.17. The molecule has 0 aliphatic rings. The average Bonchev–Trinajstić information content (AvgIpc) is 2.67. The second-order valence-electron chi connectivity index (χ2n) is 7.33. The monoisotopic (exact) mass is 443 g/mol. The minimum atomic E-state index is -0.772. The molecule has 3 atom stereocenters. The van der Waals surface area contributed by atoms with E-state index < -0.39 is 18.0 Å². The Balaban J connectivity index is -0.000000450. The van der Waals surface area contributed by atoms with E-state index >= 15 is 0 Å². The van der Waals surface area contributed by atoms with Gasteiger partial charge in [0.25, 0.3) is 0 Å². The van der Waals surface area contributed by atoms with Crippen LogP contribution in [0.2, 0.25) is 0 Å². The summed E-state index contributed by atoms with van der Waals surface area (Å²) in [4.78, 5) is 10.8. The first-order valence-electron chi connectivity index (χ1n) is 9.48. The van der Waals surface area contributed by atoms with Crippen molar-refractivity contribution < 1.29 is 26.0 Å². The largest absolute Gasteiger partial charge is 0.481 e. The van der Waals surface area contributed by atoms with Gasteiger partial charge in [0.05, 0.1) is 12.0 Å². The molecule has 0 saturated heterocycles. The molecule has 6 nitrogen and oxygen atoms in total. The van der Waals surface area contributed by atoms with Crippen LogP contribution < -0.4 is 5.32 Å². The SMILES string of the molecule is CC(C)Cc1ccc(C(C)C(=O)O)cc1.CN[C@@H](C)[C@@H](O)c1ccccc1.Cl.O.O. The molecule has 0 radical (unpaired) electrons. The Hall–Kier alpha value is -1.96. The number of aliphatic carboxylic acids is 1. The molecule has 0 aliphatic carbocycles. The van der Waals surface area contributed by atoms with Crippen LogP contribution in [0.25, 0.3) is 0 Å². The molecule has 0 spiro atoms. The second kappa shape index (κ2) is 16.8. The molecule has 2 aromatic rings. The number of aliphatic hydroxyl groups is 1. The maximum atomic E-state index is 10.8. The van der Waals surface area contributed by atoms with E-state index in [0.717, 1.165) is 17.5 Å². The van der Waals surface area contributed by atoms with Crippen molar-refractivity contribution in [3.8, 4) is 0 Å². The summed E-state index contributed by atoms with van der Waals surface area (Å²) in [6.07, 6.45) is 0.623. The van der Waals surface area contributed by atoms with E-state index in [0.29, 0.717) is 5.92 Å². The Morgan fingerprint density at radius 3 is 1.80 bits per heavy atom. The Kier molecular flexibility index (Phi) is 18.3. The van der Waals surface area contributed by atoms with Gasteiger partial charge < -0.3 is 26.5 Å². The van der Waals surface area contributed by atoms with E-state index in [2.05, 4.69) is 19.2 Å². The van der Waals surface area contributed by atoms with Crippen LogP contribution >= 0.6 is 12.4 Å². The molecule has 7 heteroatoms. The fourth-order valence-electron chi connectivity index (χ4n) is 2.65. The molecule has 0 aliphatic heterocycles. The Morgan fingerprint density at radius 1 is 0.900 bits per heavy atom. The maximum absolute atomic E-state index is 10.8. The van der Waals surface area contributed by atoms with Crippen molar-refractivity contribution in [3.05, 3.63) is 71.3 Å². The topological polar surface area (TPSA) is 133 Å². The number of hydrogen-bond donors (Lipinski definition) is 3. The summed E-state index contributed by atoms with van der Waals surface area (Å²) < 4.78 is 0. The molecular formula is C23H38ClNO5. The first-order valence-corrected chi connectivity index (χ1v) is 9.48. The van der Waals surface area contributed by atoms with Crippen LogP contribution in [0.4, 0.5) is 0 Å². The van der Waals surface area contributed by atoms with Crippen LogP contribution in [0.15, 0.2) is 54.6 Å². The van der Waals surface area contributed by atoms with Gasteiger partial charge in [0, 0.05) is 6.04 Å². The third kappa shape index (κ3) is 11.3. The van der Waals surface area contributed by atoms with E-state index in [4.69, 9.17) is 5.11 Å². The third-order valence-corrected chi connectivity index (χ3v) is 4.56. The molecule has 0 bridgehead atoms. The summed E-state index contributed by atoms with van der Waals surface area (Å²) in [7, 11) is 1.84. The maximum Gasteiger partial charge on any atom is 0.310 e. The van der Waals surface area contributed by atoms with E-state index in [1.165, 1.54) is 5.56 Å². The van der Waals surface area contributed by atoms with Gasteiger partial charge in [0.2, 0.25) is 0 Å². The van der Waals surface area contributed by atoms with E-state index in [-0.39, 0.29) is 29.4 Å². The molecule has 1 unspecified atom stereocenters. The molecule has 0 heterocycles. The number of likely N-dealkylation sites (N-methyl/N-ethyl adjacent to an activating group) is 1. The van der Waals surface area contributed by atoms with Crippen LogP contribution in [-0.4, -0.2) is 40.2 Å². The standard InChI is InChI=1S/C13H18O2.C10H15NO.ClH.2H2O/c1-9(2)8-11-4-6-12(7-5-11)10(3)13(14)15;1-8(11-2)10(12)9-6-4-3-5-7-9;;;/h4-7,9-10H,8H2,1-3H3,(H,14,15);3-8,10-12H,1-2H3;1H;2*1H2/t;8-,10+;;;/m.0.../s1. The summed E-state index contributed by atoms with van der Waals surface area (Å²) >= 11 is 0. The highest BCUT2D eigenvalue weighted by Crippen LogP contribution is 2.17. The second-order valence-corrected chi connectivity index (χ2v) is 7.33. The zero-order valence-electron chi connectivity index (χ0n) is 18.4. The van der Waals surface area contributed by atoms with Crippen LogP contribution in [0, 0.1) is 5.92 Å². The molecular weight excluding hydrogens is 406 g/mol. The molecule has 0 aromatic heterocycles. The number of carbonyl (C=O) groups is 1. The van der Waals surface area contributed by atoms with Gasteiger partial charge in [-0.25, -0.2) is 0 Å². The lowest BCUT2D eigenvalue weighted by Crippen LogP contribution is -2.28.